The fourth-order valence-corrected chi connectivity index (χ4v) is 5.57. The molecular weight excluding hydrogens is 392 g/mol. The van der Waals surface area contributed by atoms with Crippen molar-refractivity contribution in [1.29, 1.82) is 0 Å². The van der Waals surface area contributed by atoms with Gasteiger partial charge in [0.2, 0.25) is 11.8 Å². The first-order valence-electron chi connectivity index (χ1n) is 9.77. The Labute approximate surface area is 173 Å². The molecule has 148 valence electrons. The molecule has 6 nitrogen and oxygen atoms in total. The van der Waals surface area contributed by atoms with Gasteiger partial charge in [-0.2, -0.15) is 10.1 Å². The van der Waals surface area contributed by atoms with Gasteiger partial charge in [0.25, 0.3) is 0 Å². The molecule has 0 aromatic heterocycles. The fraction of sp³-hybridized carbons (Fsp3) is 0.500. The van der Waals surface area contributed by atoms with Crippen LogP contribution in [-0.2, 0) is 16.0 Å². The van der Waals surface area contributed by atoms with E-state index in [1.54, 1.807) is 5.01 Å². The molecule has 0 saturated carbocycles. The summed E-state index contributed by atoms with van der Waals surface area (Å²) < 4.78 is 0.806. The minimum Gasteiger partial charge on any atom is -0.342 e. The molecule has 3 heterocycles. The summed E-state index contributed by atoms with van der Waals surface area (Å²) in [6.07, 6.45) is 4.48. The number of rotatable bonds is 4. The summed E-state index contributed by atoms with van der Waals surface area (Å²) in [7, 11) is 0. The van der Waals surface area contributed by atoms with Crippen molar-refractivity contribution in [3.8, 4) is 0 Å². The maximum Gasteiger partial charge on any atom is 0.248 e. The molecule has 0 N–H and O–H groups in total. The molecular formula is C20H24N4O2S2. The first-order chi connectivity index (χ1) is 13.7. The molecule has 0 radical (unpaired) electrons. The number of carbonyl (C=O) groups excluding carboxylic acids is 2. The highest BCUT2D eigenvalue weighted by Crippen LogP contribution is 2.30. The summed E-state index contributed by atoms with van der Waals surface area (Å²) >= 11 is 2.85. The van der Waals surface area contributed by atoms with Crippen LogP contribution in [-0.4, -0.2) is 56.7 Å². The number of hydrazone groups is 1. The van der Waals surface area contributed by atoms with Gasteiger partial charge in [-0.3, -0.25) is 9.59 Å². The van der Waals surface area contributed by atoms with Crippen LogP contribution >= 0.6 is 23.5 Å². The number of benzene rings is 1. The molecule has 0 unspecified atom stereocenters. The second kappa shape index (κ2) is 9.13. The topological polar surface area (TPSA) is 65.3 Å². The number of thioether (sulfide) groups is 2. The van der Waals surface area contributed by atoms with Crippen LogP contribution in [0, 0.1) is 5.92 Å². The Morgan fingerprint density at radius 3 is 2.75 bits per heavy atom. The van der Waals surface area contributed by atoms with Gasteiger partial charge in [-0.1, -0.05) is 42.1 Å². The van der Waals surface area contributed by atoms with Crippen LogP contribution in [0.15, 0.2) is 40.4 Å². The molecule has 0 aliphatic carbocycles. The lowest BCUT2D eigenvalue weighted by Crippen LogP contribution is -2.40. The third-order valence-electron chi connectivity index (χ3n) is 5.24. The van der Waals surface area contributed by atoms with E-state index in [1.165, 1.54) is 29.1 Å². The van der Waals surface area contributed by atoms with Gasteiger partial charge in [0, 0.05) is 26.1 Å². The number of hydrogen-bond donors (Lipinski definition) is 0. The number of amidine groups is 1. The van der Waals surface area contributed by atoms with Gasteiger partial charge in [0.15, 0.2) is 9.54 Å². The van der Waals surface area contributed by atoms with Crippen molar-refractivity contribution in [2.45, 2.75) is 32.1 Å². The second-order valence-corrected chi connectivity index (χ2v) is 9.46. The molecule has 4 rings (SSSR count). The summed E-state index contributed by atoms with van der Waals surface area (Å²) in [6.45, 7) is 2.39. The Hall–Kier alpha value is -1.80. The predicted octanol–water partition coefficient (Wildman–Crippen LogP) is 3.20. The molecule has 1 fully saturated rings. The molecule has 1 saturated heterocycles. The lowest BCUT2D eigenvalue weighted by Gasteiger charge is -2.32. The molecule has 28 heavy (non-hydrogen) atoms. The van der Waals surface area contributed by atoms with Crippen LogP contribution in [0.3, 0.4) is 0 Å². The molecule has 2 amide bonds. The Bertz CT molecular complexity index is 789. The van der Waals surface area contributed by atoms with E-state index in [4.69, 9.17) is 0 Å². The summed E-state index contributed by atoms with van der Waals surface area (Å²) in [4.78, 5) is 30.3. The van der Waals surface area contributed by atoms with E-state index in [0.29, 0.717) is 29.8 Å². The number of piperidine rings is 1. The van der Waals surface area contributed by atoms with Crippen LogP contribution in [0.1, 0.15) is 31.2 Å². The monoisotopic (exact) mass is 416 g/mol. The fourth-order valence-electron chi connectivity index (χ4n) is 3.67. The first kappa shape index (κ1) is 19.5. The smallest absolute Gasteiger partial charge is 0.248 e. The predicted molar refractivity (Wildman–Crippen MR) is 115 cm³/mol. The number of hydrogen-bond acceptors (Lipinski definition) is 6. The standard InChI is InChI=1S/C20H24N4O2S2/c25-17-7-4-10-24-19(21-17)28-20(22-24)27-14-18(26)23-11-8-16(9-12-23)13-15-5-2-1-3-6-15/h1-3,5-6,16H,4,7-14H2. The van der Waals surface area contributed by atoms with Crippen LogP contribution in [0.25, 0.3) is 0 Å². The van der Waals surface area contributed by atoms with E-state index in [1.807, 2.05) is 11.0 Å². The molecule has 0 bridgehead atoms. The highest BCUT2D eigenvalue weighted by atomic mass is 32.2. The van der Waals surface area contributed by atoms with Crippen molar-refractivity contribution in [2.75, 3.05) is 25.4 Å². The molecule has 0 atom stereocenters. The van der Waals surface area contributed by atoms with Crippen molar-refractivity contribution >= 4 is 44.9 Å². The minimum atomic E-state index is -0.0825. The van der Waals surface area contributed by atoms with Gasteiger partial charge in [-0.25, -0.2) is 5.01 Å². The van der Waals surface area contributed by atoms with E-state index in [0.717, 1.165) is 43.1 Å². The largest absolute Gasteiger partial charge is 0.342 e. The van der Waals surface area contributed by atoms with Crippen molar-refractivity contribution < 1.29 is 9.59 Å². The number of likely N-dealkylation sites (tertiary alicyclic amines) is 1. The molecule has 3 aliphatic heterocycles. The molecule has 1 aromatic carbocycles. The molecule has 3 aliphatic rings. The number of aliphatic imine (C=N–C) groups is 1. The van der Waals surface area contributed by atoms with Gasteiger partial charge < -0.3 is 4.90 Å². The summed E-state index contributed by atoms with van der Waals surface area (Å²) in [5, 5.41) is 6.94. The minimum absolute atomic E-state index is 0.0825. The van der Waals surface area contributed by atoms with E-state index >= 15 is 0 Å². The average Bonchev–Trinajstić information content (AvgIpc) is 3.00. The summed E-state index contributed by atoms with van der Waals surface area (Å²) in [5.41, 5.74) is 1.38. The summed E-state index contributed by atoms with van der Waals surface area (Å²) in [6, 6.07) is 10.6. The molecule has 0 spiro atoms. The van der Waals surface area contributed by atoms with Gasteiger partial charge in [0.05, 0.1) is 5.75 Å². The Balaban J connectivity index is 1.22. The van der Waals surface area contributed by atoms with Crippen LogP contribution in [0.4, 0.5) is 0 Å². The number of amides is 2. The summed E-state index contributed by atoms with van der Waals surface area (Å²) in [5.74, 6) is 1.14. The number of nitrogens with zero attached hydrogens (tertiary/aromatic N) is 4. The number of carbonyl (C=O) groups is 2. The number of fused-ring (bicyclic) bond motifs is 1. The first-order valence-corrected chi connectivity index (χ1v) is 11.6. The van der Waals surface area contributed by atoms with Gasteiger partial charge >= 0.3 is 0 Å². The Kier molecular flexibility index (Phi) is 6.36. The van der Waals surface area contributed by atoms with Crippen LogP contribution in [0.5, 0.6) is 0 Å². The van der Waals surface area contributed by atoms with Gasteiger partial charge in [-0.15, -0.1) is 0 Å². The molecule has 1 aromatic rings. The quantitative estimate of drug-likeness (QED) is 0.754. The second-order valence-electron chi connectivity index (χ2n) is 7.29. The molecule has 8 heteroatoms. The van der Waals surface area contributed by atoms with Crippen molar-refractivity contribution in [3.05, 3.63) is 35.9 Å². The third-order valence-corrected chi connectivity index (χ3v) is 7.30. The highest BCUT2D eigenvalue weighted by molar-refractivity contribution is 8.45. The lowest BCUT2D eigenvalue weighted by atomic mass is 9.90. The van der Waals surface area contributed by atoms with Crippen LogP contribution < -0.4 is 0 Å². The van der Waals surface area contributed by atoms with E-state index in [9.17, 15) is 9.59 Å². The van der Waals surface area contributed by atoms with Crippen molar-refractivity contribution in [2.24, 2.45) is 16.0 Å². The maximum absolute atomic E-state index is 12.6. The van der Waals surface area contributed by atoms with E-state index in [2.05, 4.69) is 34.4 Å². The SMILES string of the molecule is O=C1CCCN2N=C(SCC(=O)N3CCC(Cc4ccccc4)CC3)SC2=N1. The normalized spacial score (nSPS) is 20.5. The highest BCUT2D eigenvalue weighted by Gasteiger charge is 2.28. The van der Waals surface area contributed by atoms with Gasteiger partial charge in [0.1, 0.15) is 0 Å². The Morgan fingerprint density at radius 2 is 1.96 bits per heavy atom. The van der Waals surface area contributed by atoms with E-state index in [-0.39, 0.29) is 11.8 Å². The van der Waals surface area contributed by atoms with Crippen molar-refractivity contribution in [3.63, 3.8) is 0 Å². The zero-order valence-corrected chi connectivity index (χ0v) is 17.4. The maximum atomic E-state index is 12.6. The van der Waals surface area contributed by atoms with Crippen molar-refractivity contribution in [1.82, 2.24) is 9.91 Å². The third kappa shape index (κ3) is 4.97. The average molecular weight is 417 g/mol. The lowest BCUT2D eigenvalue weighted by molar-refractivity contribution is -0.129. The Morgan fingerprint density at radius 1 is 1.18 bits per heavy atom. The van der Waals surface area contributed by atoms with Gasteiger partial charge in [-0.05, 0) is 48.9 Å². The zero-order chi connectivity index (χ0) is 19.3. The zero-order valence-electron chi connectivity index (χ0n) is 15.7. The van der Waals surface area contributed by atoms with E-state index < -0.39 is 0 Å². The van der Waals surface area contributed by atoms with Crippen LogP contribution in [0.2, 0.25) is 0 Å².